The van der Waals surface area contributed by atoms with Gasteiger partial charge in [-0.25, -0.2) is 13.2 Å². The number of hydrogen-bond donors (Lipinski definition) is 1. The van der Waals surface area contributed by atoms with E-state index in [1.54, 1.807) is 30.3 Å². The summed E-state index contributed by atoms with van der Waals surface area (Å²) in [5.74, 6) is -0.711. The molecule has 0 saturated carbocycles. The predicted octanol–water partition coefficient (Wildman–Crippen LogP) is 2.43. The second-order valence-corrected chi connectivity index (χ2v) is 8.16. The minimum Gasteiger partial charge on any atom is -0.455 e. The molecule has 2 aromatic rings. The molecule has 1 saturated heterocycles. The maximum atomic E-state index is 12.2. The van der Waals surface area contributed by atoms with E-state index in [2.05, 4.69) is 5.32 Å². The fourth-order valence-corrected chi connectivity index (χ4v) is 4.58. The molecule has 5 nitrogen and oxygen atoms in total. The van der Waals surface area contributed by atoms with Crippen LogP contribution in [0.5, 0.6) is 0 Å². The zero-order chi connectivity index (χ0) is 17.2. The second kappa shape index (κ2) is 6.65. The van der Waals surface area contributed by atoms with Crippen molar-refractivity contribution < 1.29 is 17.9 Å². The minimum absolute atomic E-state index is 0.0479. The summed E-state index contributed by atoms with van der Waals surface area (Å²) in [7, 11) is -3.24. The van der Waals surface area contributed by atoms with Gasteiger partial charge in [0, 0.05) is 5.69 Å². The van der Waals surface area contributed by atoms with E-state index in [9.17, 15) is 13.2 Å². The topological polar surface area (TPSA) is 72.5 Å². The highest BCUT2D eigenvalue weighted by Gasteiger charge is 2.40. The van der Waals surface area contributed by atoms with Crippen LogP contribution >= 0.6 is 0 Å². The highest BCUT2D eigenvalue weighted by atomic mass is 32.2. The lowest BCUT2D eigenvalue weighted by Crippen LogP contribution is -2.36. The Morgan fingerprint density at radius 2 is 1.83 bits per heavy atom. The van der Waals surface area contributed by atoms with Crippen molar-refractivity contribution in [2.24, 2.45) is 0 Å². The molecule has 1 aliphatic heterocycles. The molecule has 2 atom stereocenters. The highest BCUT2D eigenvalue weighted by molar-refractivity contribution is 7.91. The van der Waals surface area contributed by atoms with Crippen molar-refractivity contribution in [1.82, 2.24) is 0 Å². The lowest BCUT2D eigenvalue weighted by atomic mass is 10.1. The molecule has 2 aromatic carbocycles. The molecule has 6 heteroatoms. The van der Waals surface area contributed by atoms with Gasteiger partial charge in [0.2, 0.25) is 0 Å². The number of sulfone groups is 1. The summed E-state index contributed by atoms with van der Waals surface area (Å²) < 4.78 is 29.5. The first-order valence-electron chi connectivity index (χ1n) is 7.73. The van der Waals surface area contributed by atoms with Gasteiger partial charge in [-0.05, 0) is 36.8 Å². The third-order valence-electron chi connectivity index (χ3n) is 3.94. The van der Waals surface area contributed by atoms with Crippen LogP contribution in [0.4, 0.5) is 5.69 Å². The molecule has 0 bridgehead atoms. The first-order chi connectivity index (χ1) is 11.4. The van der Waals surface area contributed by atoms with Crippen molar-refractivity contribution in [3.63, 3.8) is 0 Å². The summed E-state index contributed by atoms with van der Waals surface area (Å²) >= 11 is 0. The van der Waals surface area contributed by atoms with Gasteiger partial charge in [-0.15, -0.1) is 0 Å². The largest absolute Gasteiger partial charge is 0.455 e. The van der Waals surface area contributed by atoms with Crippen LogP contribution in [-0.2, 0) is 14.6 Å². The van der Waals surface area contributed by atoms with Crippen molar-refractivity contribution in [1.29, 1.82) is 0 Å². The molecule has 0 aliphatic carbocycles. The van der Waals surface area contributed by atoms with Crippen LogP contribution in [0, 0.1) is 6.92 Å². The predicted molar refractivity (Wildman–Crippen MR) is 92.9 cm³/mol. The number of hydrogen-bond acceptors (Lipinski definition) is 5. The molecular formula is C18H19NO4S. The van der Waals surface area contributed by atoms with Crippen LogP contribution in [0.25, 0.3) is 0 Å². The van der Waals surface area contributed by atoms with Gasteiger partial charge in [0.25, 0.3) is 0 Å². The molecule has 0 amide bonds. The van der Waals surface area contributed by atoms with Gasteiger partial charge < -0.3 is 10.1 Å². The Morgan fingerprint density at radius 1 is 1.08 bits per heavy atom. The van der Waals surface area contributed by atoms with E-state index >= 15 is 0 Å². The summed E-state index contributed by atoms with van der Waals surface area (Å²) in [4.78, 5) is 12.2. The van der Waals surface area contributed by atoms with Crippen LogP contribution in [0.3, 0.4) is 0 Å². The molecule has 0 spiro atoms. The van der Waals surface area contributed by atoms with Gasteiger partial charge in [-0.1, -0.05) is 30.3 Å². The van der Waals surface area contributed by atoms with Gasteiger partial charge in [0.1, 0.15) is 6.10 Å². The fourth-order valence-electron chi connectivity index (χ4n) is 2.79. The maximum Gasteiger partial charge on any atom is 0.338 e. The number of nitrogens with one attached hydrogen (secondary N) is 1. The Morgan fingerprint density at radius 3 is 2.54 bits per heavy atom. The average molecular weight is 345 g/mol. The first-order valence-corrected chi connectivity index (χ1v) is 9.55. The number of rotatable bonds is 4. The molecule has 0 radical (unpaired) electrons. The van der Waals surface area contributed by atoms with Crippen molar-refractivity contribution in [2.45, 2.75) is 19.1 Å². The van der Waals surface area contributed by atoms with Crippen LogP contribution in [0.2, 0.25) is 0 Å². The Hall–Kier alpha value is -2.34. The third kappa shape index (κ3) is 3.94. The SMILES string of the molecule is Cc1cccc(NC2CS(=O)(=O)CC2OC(=O)c2ccccc2)c1. The Labute approximate surface area is 141 Å². The van der Waals surface area contributed by atoms with E-state index in [0.717, 1.165) is 11.3 Å². The number of benzene rings is 2. The lowest BCUT2D eigenvalue weighted by molar-refractivity contribution is 0.0336. The number of anilines is 1. The van der Waals surface area contributed by atoms with E-state index in [-0.39, 0.29) is 11.5 Å². The van der Waals surface area contributed by atoms with Crippen LogP contribution in [0.1, 0.15) is 15.9 Å². The van der Waals surface area contributed by atoms with E-state index in [1.165, 1.54) is 0 Å². The second-order valence-electron chi connectivity index (χ2n) is 6.01. The quantitative estimate of drug-likeness (QED) is 0.862. The van der Waals surface area contributed by atoms with Gasteiger partial charge in [0.15, 0.2) is 9.84 Å². The monoisotopic (exact) mass is 345 g/mol. The van der Waals surface area contributed by atoms with Crippen molar-refractivity contribution in [3.05, 3.63) is 65.7 Å². The number of carbonyl (C=O) groups is 1. The summed E-state index contributed by atoms with van der Waals surface area (Å²) in [6.45, 7) is 1.96. The van der Waals surface area contributed by atoms with E-state index < -0.39 is 28.0 Å². The molecule has 2 unspecified atom stereocenters. The summed E-state index contributed by atoms with van der Waals surface area (Å²) in [5.41, 5.74) is 2.30. The van der Waals surface area contributed by atoms with Gasteiger partial charge in [-0.2, -0.15) is 0 Å². The Kier molecular flexibility index (Phi) is 4.57. The molecule has 126 valence electrons. The zero-order valence-electron chi connectivity index (χ0n) is 13.3. The molecular weight excluding hydrogens is 326 g/mol. The zero-order valence-corrected chi connectivity index (χ0v) is 14.1. The number of carbonyl (C=O) groups excluding carboxylic acids is 1. The van der Waals surface area contributed by atoms with E-state index in [4.69, 9.17) is 4.74 Å². The maximum absolute atomic E-state index is 12.2. The minimum atomic E-state index is -3.24. The molecule has 1 N–H and O–H groups in total. The van der Waals surface area contributed by atoms with Gasteiger partial charge in [-0.3, -0.25) is 0 Å². The third-order valence-corrected chi connectivity index (χ3v) is 5.64. The lowest BCUT2D eigenvalue weighted by Gasteiger charge is -2.21. The fraction of sp³-hybridized carbons (Fsp3) is 0.278. The summed E-state index contributed by atoms with van der Waals surface area (Å²) in [6.07, 6.45) is -0.705. The number of aryl methyl sites for hydroxylation is 1. The smallest absolute Gasteiger partial charge is 0.338 e. The Balaban J connectivity index is 1.76. The molecule has 1 fully saturated rings. The molecule has 0 aromatic heterocycles. The van der Waals surface area contributed by atoms with Crippen LogP contribution in [-0.4, -0.2) is 38.0 Å². The molecule has 24 heavy (non-hydrogen) atoms. The first kappa shape index (κ1) is 16.5. The molecule has 3 rings (SSSR count). The van der Waals surface area contributed by atoms with Gasteiger partial charge in [0.05, 0.1) is 23.1 Å². The van der Waals surface area contributed by atoms with Crippen molar-refractivity contribution >= 4 is 21.5 Å². The normalized spacial score (nSPS) is 22.0. The van der Waals surface area contributed by atoms with E-state index in [0.29, 0.717) is 5.56 Å². The summed E-state index contributed by atoms with van der Waals surface area (Å²) in [5, 5.41) is 3.19. The van der Waals surface area contributed by atoms with E-state index in [1.807, 2.05) is 31.2 Å². The number of ether oxygens (including phenoxy) is 1. The molecule has 1 aliphatic rings. The van der Waals surface area contributed by atoms with Gasteiger partial charge >= 0.3 is 5.97 Å². The standard InChI is InChI=1S/C18H19NO4S/c1-13-6-5-9-15(10-13)19-16-11-24(21,22)12-17(16)23-18(20)14-7-3-2-4-8-14/h2-10,16-17,19H,11-12H2,1H3. The average Bonchev–Trinajstić information content (AvgIpc) is 2.81. The summed E-state index contributed by atoms with van der Waals surface area (Å²) in [6, 6.07) is 15.8. The highest BCUT2D eigenvalue weighted by Crippen LogP contribution is 2.22. The van der Waals surface area contributed by atoms with Crippen molar-refractivity contribution in [2.75, 3.05) is 16.8 Å². The van der Waals surface area contributed by atoms with Crippen LogP contribution < -0.4 is 5.32 Å². The number of esters is 1. The van der Waals surface area contributed by atoms with Crippen LogP contribution in [0.15, 0.2) is 54.6 Å². The molecule has 1 heterocycles. The Bertz CT molecular complexity index is 833. The van der Waals surface area contributed by atoms with Crippen molar-refractivity contribution in [3.8, 4) is 0 Å².